The third-order valence-electron chi connectivity index (χ3n) is 4.74. The highest BCUT2D eigenvalue weighted by Gasteiger charge is 2.34. The van der Waals surface area contributed by atoms with Crippen LogP contribution in [0.1, 0.15) is 44.2 Å². The molecule has 0 radical (unpaired) electrons. The largest absolute Gasteiger partial charge is 0.297 e. The monoisotopic (exact) mass is 258 g/mol. The average Bonchev–Trinajstić information content (AvgIpc) is 2.48. The van der Waals surface area contributed by atoms with Crippen LogP contribution in [0.15, 0.2) is 30.3 Å². The first kappa shape index (κ1) is 13.1. The van der Waals surface area contributed by atoms with Gasteiger partial charge in [-0.05, 0) is 37.9 Å². The number of nitrogens with zero attached hydrogens (tertiary/aromatic N) is 2. The average molecular weight is 258 g/mol. The third kappa shape index (κ3) is 2.85. The van der Waals surface area contributed by atoms with Gasteiger partial charge >= 0.3 is 0 Å². The van der Waals surface area contributed by atoms with Crippen molar-refractivity contribution < 1.29 is 0 Å². The van der Waals surface area contributed by atoms with Gasteiger partial charge in [0, 0.05) is 25.2 Å². The minimum atomic E-state index is 0.607. The van der Waals surface area contributed by atoms with Crippen LogP contribution < -0.4 is 0 Å². The van der Waals surface area contributed by atoms with Crippen molar-refractivity contribution in [2.24, 2.45) is 0 Å². The molecule has 2 saturated heterocycles. The number of piperazine rings is 1. The zero-order chi connectivity index (χ0) is 13.1. The van der Waals surface area contributed by atoms with E-state index in [4.69, 9.17) is 0 Å². The number of fused-ring (bicyclic) bond motifs is 1. The summed E-state index contributed by atoms with van der Waals surface area (Å²) in [5.41, 5.74) is 1.50. The summed E-state index contributed by atoms with van der Waals surface area (Å²) in [5, 5.41) is 0. The normalized spacial score (nSPS) is 29.1. The van der Waals surface area contributed by atoms with Crippen LogP contribution in [0, 0.1) is 0 Å². The Morgan fingerprint density at radius 3 is 2.74 bits per heavy atom. The Morgan fingerprint density at radius 2 is 1.95 bits per heavy atom. The van der Waals surface area contributed by atoms with Crippen LogP contribution in [0.5, 0.6) is 0 Å². The van der Waals surface area contributed by atoms with Crippen LogP contribution in [-0.2, 0) is 0 Å². The third-order valence-corrected chi connectivity index (χ3v) is 4.74. The summed E-state index contributed by atoms with van der Waals surface area (Å²) in [6.07, 6.45) is 5.49. The minimum Gasteiger partial charge on any atom is -0.297 e. The number of hydrogen-bond acceptors (Lipinski definition) is 2. The van der Waals surface area contributed by atoms with E-state index in [2.05, 4.69) is 47.1 Å². The predicted octanol–water partition coefficient (Wildman–Crippen LogP) is 3.31. The molecular formula is C17H26N2. The smallest absolute Gasteiger partial charge is 0.0475 e. The second kappa shape index (κ2) is 6.06. The highest BCUT2D eigenvalue weighted by molar-refractivity contribution is 5.20. The Morgan fingerprint density at radius 1 is 1.11 bits per heavy atom. The maximum atomic E-state index is 2.74. The fourth-order valence-corrected chi connectivity index (χ4v) is 3.77. The summed E-state index contributed by atoms with van der Waals surface area (Å²) < 4.78 is 0. The molecule has 0 saturated carbocycles. The molecule has 2 unspecified atom stereocenters. The summed E-state index contributed by atoms with van der Waals surface area (Å²) in [6, 6.07) is 12.5. The molecular weight excluding hydrogens is 232 g/mol. The molecule has 104 valence electrons. The first-order valence-corrected chi connectivity index (χ1v) is 7.91. The zero-order valence-electron chi connectivity index (χ0n) is 12.1. The molecule has 3 rings (SSSR count). The van der Waals surface area contributed by atoms with Crippen molar-refractivity contribution in [3.05, 3.63) is 35.9 Å². The summed E-state index contributed by atoms with van der Waals surface area (Å²) in [7, 11) is 0. The second-order valence-corrected chi connectivity index (χ2v) is 6.07. The molecule has 0 N–H and O–H groups in total. The van der Waals surface area contributed by atoms with E-state index in [1.807, 2.05) is 0 Å². The van der Waals surface area contributed by atoms with E-state index in [9.17, 15) is 0 Å². The first-order chi connectivity index (χ1) is 9.38. The van der Waals surface area contributed by atoms with Crippen LogP contribution in [0.3, 0.4) is 0 Å². The van der Waals surface area contributed by atoms with E-state index in [1.165, 1.54) is 57.4 Å². The fourth-order valence-electron chi connectivity index (χ4n) is 3.77. The number of hydrogen-bond donors (Lipinski definition) is 0. The molecule has 0 aliphatic carbocycles. The Labute approximate surface area is 117 Å². The summed E-state index contributed by atoms with van der Waals surface area (Å²) >= 11 is 0. The van der Waals surface area contributed by atoms with Crippen LogP contribution in [0.2, 0.25) is 0 Å². The van der Waals surface area contributed by atoms with Crippen molar-refractivity contribution >= 4 is 0 Å². The molecule has 19 heavy (non-hydrogen) atoms. The Hall–Kier alpha value is -0.860. The molecule has 2 heterocycles. The van der Waals surface area contributed by atoms with Gasteiger partial charge in [0.15, 0.2) is 0 Å². The maximum Gasteiger partial charge on any atom is 0.0475 e. The lowest BCUT2D eigenvalue weighted by Gasteiger charge is -2.48. The van der Waals surface area contributed by atoms with Crippen molar-refractivity contribution in [2.45, 2.75) is 44.7 Å². The first-order valence-electron chi connectivity index (χ1n) is 7.91. The summed E-state index contributed by atoms with van der Waals surface area (Å²) in [5.74, 6) is 0. The highest BCUT2D eigenvalue weighted by atomic mass is 15.3. The van der Waals surface area contributed by atoms with Crippen LogP contribution in [-0.4, -0.2) is 42.0 Å². The summed E-state index contributed by atoms with van der Waals surface area (Å²) in [4.78, 5) is 5.47. The van der Waals surface area contributed by atoms with Crippen molar-refractivity contribution in [1.29, 1.82) is 0 Å². The minimum absolute atomic E-state index is 0.607. The van der Waals surface area contributed by atoms with Crippen molar-refractivity contribution in [3.8, 4) is 0 Å². The van der Waals surface area contributed by atoms with E-state index in [1.54, 1.807) is 0 Å². The van der Waals surface area contributed by atoms with Gasteiger partial charge in [0.25, 0.3) is 0 Å². The van der Waals surface area contributed by atoms with Crippen molar-refractivity contribution in [2.75, 3.05) is 26.2 Å². The number of benzene rings is 1. The lowest BCUT2D eigenvalue weighted by atomic mass is 9.93. The molecule has 0 spiro atoms. The molecule has 1 aromatic carbocycles. The van der Waals surface area contributed by atoms with Gasteiger partial charge in [-0.3, -0.25) is 9.80 Å². The molecule has 2 nitrogen and oxygen atoms in total. The lowest BCUT2D eigenvalue weighted by molar-refractivity contribution is 0.00808. The van der Waals surface area contributed by atoms with Crippen LogP contribution >= 0.6 is 0 Å². The van der Waals surface area contributed by atoms with Gasteiger partial charge in [-0.1, -0.05) is 43.7 Å². The van der Waals surface area contributed by atoms with Crippen molar-refractivity contribution in [1.82, 2.24) is 9.80 Å². The van der Waals surface area contributed by atoms with Crippen LogP contribution in [0.4, 0.5) is 0 Å². The molecule has 1 aromatic rings. The molecule has 2 heteroatoms. The molecule has 0 amide bonds. The molecule has 0 bridgehead atoms. The van der Waals surface area contributed by atoms with E-state index in [0.29, 0.717) is 6.04 Å². The molecule has 2 aliphatic heterocycles. The molecule has 2 fully saturated rings. The van der Waals surface area contributed by atoms with Crippen molar-refractivity contribution in [3.63, 3.8) is 0 Å². The van der Waals surface area contributed by atoms with Gasteiger partial charge < -0.3 is 0 Å². The predicted molar refractivity (Wildman–Crippen MR) is 80.3 cm³/mol. The van der Waals surface area contributed by atoms with Gasteiger partial charge in [-0.25, -0.2) is 0 Å². The van der Waals surface area contributed by atoms with Gasteiger partial charge in [-0.15, -0.1) is 0 Å². The SMILES string of the molecule is CCCN1CC2CCCCN2CC1c1ccccc1. The summed E-state index contributed by atoms with van der Waals surface area (Å²) in [6.45, 7) is 7.36. The van der Waals surface area contributed by atoms with Gasteiger partial charge in [0.1, 0.15) is 0 Å². The van der Waals surface area contributed by atoms with Crippen LogP contribution in [0.25, 0.3) is 0 Å². The van der Waals surface area contributed by atoms with E-state index < -0.39 is 0 Å². The zero-order valence-corrected chi connectivity index (χ0v) is 12.1. The number of piperidine rings is 1. The van der Waals surface area contributed by atoms with E-state index >= 15 is 0 Å². The van der Waals surface area contributed by atoms with Gasteiger partial charge in [0.2, 0.25) is 0 Å². The maximum absolute atomic E-state index is 2.74. The topological polar surface area (TPSA) is 6.48 Å². The second-order valence-electron chi connectivity index (χ2n) is 6.07. The highest BCUT2D eigenvalue weighted by Crippen LogP contribution is 2.31. The molecule has 2 atom stereocenters. The van der Waals surface area contributed by atoms with E-state index in [-0.39, 0.29) is 0 Å². The number of rotatable bonds is 3. The quantitative estimate of drug-likeness (QED) is 0.820. The van der Waals surface area contributed by atoms with Gasteiger partial charge in [-0.2, -0.15) is 0 Å². The van der Waals surface area contributed by atoms with Gasteiger partial charge in [0.05, 0.1) is 0 Å². The standard InChI is InChI=1S/C17H26N2/c1-2-11-19-13-16-10-6-7-12-18(16)14-17(19)15-8-4-3-5-9-15/h3-5,8-9,16-17H,2,6-7,10-14H2,1H3. The molecule has 0 aromatic heterocycles. The van der Waals surface area contributed by atoms with E-state index in [0.717, 1.165) is 6.04 Å². The molecule has 2 aliphatic rings. The Balaban J connectivity index is 1.79. The Kier molecular flexibility index (Phi) is 4.19. The Bertz CT molecular complexity index is 390. The fraction of sp³-hybridized carbons (Fsp3) is 0.647. The lowest BCUT2D eigenvalue weighted by Crippen LogP contribution is -2.56.